The molecule has 2 fully saturated rings. The van der Waals surface area contributed by atoms with Crippen molar-refractivity contribution in [2.75, 3.05) is 32.1 Å². The molecule has 0 aromatic heterocycles. The van der Waals surface area contributed by atoms with Gasteiger partial charge in [-0.2, -0.15) is 11.8 Å². The Labute approximate surface area is 107 Å². The Morgan fingerprint density at radius 2 is 2.18 bits per heavy atom. The first-order valence-corrected chi connectivity index (χ1v) is 7.46. The number of nitrogens with zero attached hydrogens (tertiary/aromatic N) is 1. The van der Waals surface area contributed by atoms with E-state index in [2.05, 4.69) is 12.2 Å². The van der Waals surface area contributed by atoms with Crippen LogP contribution in [0.5, 0.6) is 0 Å². The normalized spacial score (nSPS) is 31.5. The third kappa shape index (κ3) is 3.60. The highest BCUT2D eigenvalue weighted by atomic mass is 32.2. The van der Waals surface area contributed by atoms with Crippen LogP contribution in [0.4, 0.5) is 0 Å². The molecule has 2 aliphatic heterocycles. The zero-order valence-electron chi connectivity index (χ0n) is 10.6. The van der Waals surface area contributed by atoms with Crippen molar-refractivity contribution < 1.29 is 9.53 Å². The maximum Gasteiger partial charge on any atom is 0.239 e. The van der Waals surface area contributed by atoms with E-state index in [1.54, 1.807) is 0 Å². The first-order valence-electron chi connectivity index (χ1n) is 6.41. The lowest BCUT2D eigenvalue weighted by Crippen LogP contribution is -2.51. The zero-order chi connectivity index (χ0) is 12.3. The van der Waals surface area contributed by atoms with Gasteiger partial charge < -0.3 is 15.0 Å². The van der Waals surface area contributed by atoms with Crippen molar-refractivity contribution in [3.05, 3.63) is 0 Å². The summed E-state index contributed by atoms with van der Waals surface area (Å²) in [5, 5.41) is 4.17. The maximum atomic E-state index is 12.2. The van der Waals surface area contributed by atoms with E-state index in [1.807, 2.05) is 23.6 Å². The van der Waals surface area contributed by atoms with Gasteiger partial charge in [0.05, 0.1) is 19.3 Å². The second-order valence-electron chi connectivity index (χ2n) is 4.90. The molecule has 0 saturated carbocycles. The van der Waals surface area contributed by atoms with E-state index in [4.69, 9.17) is 4.74 Å². The molecule has 3 atom stereocenters. The van der Waals surface area contributed by atoms with Gasteiger partial charge in [-0.05, 0) is 13.3 Å². The molecule has 0 bridgehead atoms. The van der Waals surface area contributed by atoms with Gasteiger partial charge in [0.2, 0.25) is 5.91 Å². The van der Waals surface area contributed by atoms with Gasteiger partial charge >= 0.3 is 0 Å². The molecule has 0 aromatic carbocycles. The molecule has 98 valence electrons. The number of ether oxygens (including phenoxy) is 1. The summed E-state index contributed by atoms with van der Waals surface area (Å²) in [6, 6.07) is 0.430. The average molecular weight is 258 g/mol. The van der Waals surface area contributed by atoms with E-state index in [-0.39, 0.29) is 11.9 Å². The quantitative estimate of drug-likeness (QED) is 0.810. The van der Waals surface area contributed by atoms with Crippen LogP contribution in [0.3, 0.4) is 0 Å². The molecule has 4 nitrogen and oxygen atoms in total. The van der Waals surface area contributed by atoms with Crippen molar-refractivity contribution in [1.82, 2.24) is 10.2 Å². The van der Waals surface area contributed by atoms with Gasteiger partial charge in [-0.3, -0.25) is 4.79 Å². The van der Waals surface area contributed by atoms with E-state index < -0.39 is 0 Å². The van der Waals surface area contributed by atoms with Crippen LogP contribution in [-0.2, 0) is 9.53 Å². The fourth-order valence-electron chi connectivity index (χ4n) is 2.42. The number of carbonyl (C=O) groups is 1. The molecule has 2 rings (SSSR count). The summed E-state index contributed by atoms with van der Waals surface area (Å²) in [6.45, 7) is 7.05. The van der Waals surface area contributed by atoms with Gasteiger partial charge in [-0.15, -0.1) is 0 Å². The smallest absolute Gasteiger partial charge is 0.239 e. The molecule has 2 saturated heterocycles. The summed E-state index contributed by atoms with van der Waals surface area (Å²) in [5.41, 5.74) is 0. The molecule has 0 radical (unpaired) electrons. The number of carbonyl (C=O) groups excluding carboxylic acids is 1. The van der Waals surface area contributed by atoms with E-state index in [0.29, 0.717) is 19.3 Å². The fraction of sp³-hybridized carbons (Fsp3) is 0.917. The minimum absolute atomic E-state index is 0.0657. The molecule has 1 amide bonds. The number of rotatable bonds is 3. The number of hydrogen-bond donors (Lipinski definition) is 1. The van der Waals surface area contributed by atoms with Gasteiger partial charge in [0.1, 0.15) is 0 Å². The number of morpholine rings is 1. The topological polar surface area (TPSA) is 41.6 Å². The Hall–Kier alpha value is -0.260. The van der Waals surface area contributed by atoms with Crippen LogP contribution >= 0.6 is 11.8 Å². The summed E-state index contributed by atoms with van der Waals surface area (Å²) < 4.78 is 5.26. The van der Waals surface area contributed by atoms with Crippen LogP contribution in [0, 0.1) is 0 Å². The first kappa shape index (κ1) is 13.2. The predicted molar refractivity (Wildman–Crippen MR) is 70.3 cm³/mol. The van der Waals surface area contributed by atoms with Crippen LogP contribution in [0.25, 0.3) is 0 Å². The van der Waals surface area contributed by atoms with Crippen molar-refractivity contribution in [2.45, 2.75) is 37.6 Å². The van der Waals surface area contributed by atoms with Crippen molar-refractivity contribution in [3.63, 3.8) is 0 Å². The van der Waals surface area contributed by atoms with Crippen molar-refractivity contribution in [3.8, 4) is 0 Å². The van der Waals surface area contributed by atoms with Gasteiger partial charge in [0.15, 0.2) is 0 Å². The molecule has 3 unspecified atom stereocenters. The first-order chi connectivity index (χ1) is 8.16. The summed E-state index contributed by atoms with van der Waals surface area (Å²) >= 11 is 1.99. The Morgan fingerprint density at radius 1 is 1.47 bits per heavy atom. The van der Waals surface area contributed by atoms with Crippen LogP contribution in [0.15, 0.2) is 0 Å². The van der Waals surface area contributed by atoms with Crippen molar-refractivity contribution in [1.29, 1.82) is 0 Å². The lowest BCUT2D eigenvalue weighted by molar-refractivity contribution is -0.137. The highest BCUT2D eigenvalue weighted by molar-refractivity contribution is 8.00. The molecular formula is C12H22N2O2S. The molecule has 17 heavy (non-hydrogen) atoms. The molecule has 0 aliphatic carbocycles. The van der Waals surface area contributed by atoms with Crippen LogP contribution in [-0.4, -0.2) is 60.2 Å². The predicted octanol–water partition coefficient (Wildman–Crippen LogP) is 0.717. The lowest BCUT2D eigenvalue weighted by atomic mass is 10.1. The van der Waals surface area contributed by atoms with Gasteiger partial charge in [-0.1, -0.05) is 6.92 Å². The molecule has 1 N–H and O–H groups in total. The second-order valence-corrected chi connectivity index (χ2v) is 6.37. The number of amides is 1. The summed E-state index contributed by atoms with van der Waals surface area (Å²) in [6.07, 6.45) is 1.17. The monoisotopic (exact) mass is 258 g/mol. The number of hydrogen-bond acceptors (Lipinski definition) is 4. The van der Waals surface area contributed by atoms with E-state index in [1.165, 1.54) is 6.42 Å². The standard InChI is InChI=1S/C12H22N2O2S/c1-9-7-11(8-17-9)13-10(2)12(15)14-3-5-16-6-4-14/h9-11,13H,3-8H2,1-2H3. The third-order valence-electron chi connectivity index (χ3n) is 3.38. The van der Waals surface area contributed by atoms with Crippen molar-refractivity contribution >= 4 is 17.7 Å². The Morgan fingerprint density at radius 3 is 2.76 bits per heavy atom. The number of thioether (sulfide) groups is 1. The highest BCUT2D eigenvalue weighted by Crippen LogP contribution is 2.26. The zero-order valence-corrected chi connectivity index (χ0v) is 11.5. The summed E-state index contributed by atoms with van der Waals surface area (Å²) in [4.78, 5) is 14.1. The molecule has 0 spiro atoms. The van der Waals surface area contributed by atoms with E-state index >= 15 is 0 Å². The minimum atomic E-state index is -0.0657. The molecule has 2 aliphatic rings. The Balaban J connectivity index is 1.78. The molecule has 2 heterocycles. The van der Waals surface area contributed by atoms with Gasteiger partial charge in [0, 0.05) is 30.1 Å². The SMILES string of the molecule is CC1CC(NC(C)C(=O)N2CCOCC2)CS1. The van der Waals surface area contributed by atoms with Crippen LogP contribution in [0.2, 0.25) is 0 Å². The number of nitrogens with one attached hydrogen (secondary N) is 1. The molecular weight excluding hydrogens is 236 g/mol. The van der Waals surface area contributed by atoms with Crippen LogP contribution < -0.4 is 5.32 Å². The fourth-order valence-corrected chi connectivity index (χ4v) is 3.58. The minimum Gasteiger partial charge on any atom is -0.378 e. The third-order valence-corrected chi connectivity index (χ3v) is 4.73. The Kier molecular flexibility index (Phi) is 4.70. The average Bonchev–Trinajstić information content (AvgIpc) is 2.75. The Bertz CT molecular complexity index is 269. The molecule has 0 aromatic rings. The second kappa shape index (κ2) is 6.07. The summed E-state index contributed by atoms with van der Waals surface area (Å²) in [7, 11) is 0. The van der Waals surface area contributed by atoms with E-state index in [9.17, 15) is 4.79 Å². The largest absolute Gasteiger partial charge is 0.378 e. The molecule has 5 heteroatoms. The maximum absolute atomic E-state index is 12.2. The van der Waals surface area contributed by atoms with Crippen LogP contribution in [0.1, 0.15) is 20.3 Å². The highest BCUT2D eigenvalue weighted by Gasteiger charge is 2.27. The van der Waals surface area contributed by atoms with E-state index in [0.717, 1.165) is 24.1 Å². The summed E-state index contributed by atoms with van der Waals surface area (Å²) in [5.74, 6) is 1.35. The van der Waals surface area contributed by atoms with Crippen molar-refractivity contribution in [2.24, 2.45) is 0 Å². The van der Waals surface area contributed by atoms with Gasteiger partial charge in [-0.25, -0.2) is 0 Å². The lowest BCUT2D eigenvalue weighted by Gasteiger charge is -2.30. The van der Waals surface area contributed by atoms with Gasteiger partial charge in [0.25, 0.3) is 0 Å².